The van der Waals surface area contributed by atoms with Gasteiger partial charge in [-0.1, -0.05) is 45.4 Å². The van der Waals surface area contributed by atoms with Crippen LogP contribution in [0.3, 0.4) is 0 Å². The molecule has 134 valence electrons. The van der Waals surface area contributed by atoms with E-state index in [9.17, 15) is 20.4 Å². The van der Waals surface area contributed by atoms with E-state index in [1.54, 1.807) is 6.92 Å². The summed E-state index contributed by atoms with van der Waals surface area (Å²) >= 11 is 0. The lowest BCUT2D eigenvalue weighted by atomic mass is 10.0. The molecule has 22 heavy (non-hydrogen) atoms. The molecule has 6 nitrogen and oxygen atoms in total. The van der Waals surface area contributed by atoms with E-state index in [1.807, 2.05) is 0 Å². The molecule has 0 aliphatic carbocycles. The molecule has 6 heteroatoms. The minimum Gasteiger partial charge on any atom is -0.396 e. The fraction of sp³-hybridized carbons (Fsp3) is 1.00. The van der Waals surface area contributed by atoms with Crippen LogP contribution in [0.25, 0.3) is 0 Å². The smallest absolute Gasteiger partial charge is 0.183 e. The van der Waals surface area contributed by atoms with Crippen LogP contribution in [0, 0.1) is 0 Å². The fourth-order valence-corrected chi connectivity index (χ4v) is 2.30. The van der Waals surface area contributed by atoms with E-state index in [1.165, 1.54) is 25.7 Å². The Hall–Kier alpha value is -0.240. The summed E-state index contributed by atoms with van der Waals surface area (Å²) in [5.41, 5.74) is 0. The molecule has 0 rings (SSSR count). The second kappa shape index (κ2) is 13.2. The van der Waals surface area contributed by atoms with Crippen molar-refractivity contribution in [3.63, 3.8) is 0 Å². The van der Waals surface area contributed by atoms with Crippen LogP contribution < -0.4 is 0 Å². The van der Waals surface area contributed by atoms with Crippen molar-refractivity contribution in [1.82, 2.24) is 0 Å². The van der Waals surface area contributed by atoms with Gasteiger partial charge in [-0.15, -0.1) is 0 Å². The maximum absolute atomic E-state index is 9.74. The molecule has 0 heterocycles. The zero-order valence-corrected chi connectivity index (χ0v) is 13.9. The van der Waals surface area contributed by atoms with Crippen LogP contribution in [0.4, 0.5) is 0 Å². The lowest BCUT2D eigenvalue weighted by molar-refractivity contribution is -0.219. The first kappa shape index (κ1) is 21.8. The molecule has 0 aliphatic rings. The Bertz CT molecular complexity index is 251. The Morgan fingerprint density at radius 3 is 2.00 bits per heavy atom. The summed E-state index contributed by atoms with van der Waals surface area (Å²) in [6.07, 6.45) is 1.45. The Labute approximate surface area is 133 Å². The first-order valence-corrected chi connectivity index (χ1v) is 8.42. The van der Waals surface area contributed by atoms with Gasteiger partial charge in [0.1, 0.15) is 12.2 Å². The number of aliphatic hydroxyl groups is 5. The summed E-state index contributed by atoms with van der Waals surface area (Å²) < 4.78 is 5.26. The molecule has 0 spiro atoms. The molecule has 5 N–H and O–H groups in total. The van der Waals surface area contributed by atoms with Crippen molar-refractivity contribution in [1.29, 1.82) is 0 Å². The van der Waals surface area contributed by atoms with E-state index < -0.39 is 24.6 Å². The topological polar surface area (TPSA) is 110 Å². The van der Waals surface area contributed by atoms with Crippen molar-refractivity contribution in [2.24, 2.45) is 0 Å². The molecule has 0 aromatic heterocycles. The molecule has 0 radical (unpaired) electrons. The Morgan fingerprint density at radius 2 is 1.41 bits per heavy atom. The van der Waals surface area contributed by atoms with Gasteiger partial charge < -0.3 is 30.3 Å². The Balaban J connectivity index is 3.90. The predicted octanol–water partition coefficient (Wildman–Crippen LogP) is 0.926. The average Bonchev–Trinajstić information content (AvgIpc) is 2.49. The van der Waals surface area contributed by atoms with Crippen LogP contribution in [0.1, 0.15) is 65.2 Å². The van der Waals surface area contributed by atoms with E-state index in [-0.39, 0.29) is 19.1 Å². The van der Waals surface area contributed by atoms with E-state index >= 15 is 0 Å². The SMILES string of the molecule is CCCCCCCCC(C)OC(O)C(O)C(O)C(O)CCO. The molecule has 0 saturated heterocycles. The number of rotatable bonds is 14. The highest BCUT2D eigenvalue weighted by Gasteiger charge is 2.31. The van der Waals surface area contributed by atoms with Gasteiger partial charge in [0.15, 0.2) is 6.29 Å². The van der Waals surface area contributed by atoms with Crippen molar-refractivity contribution in [2.75, 3.05) is 6.61 Å². The maximum Gasteiger partial charge on any atom is 0.183 e. The van der Waals surface area contributed by atoms with Crippen LogP contribution in [0.2, 0.25) is 0 Å². The van der Waals surface area contributed by atoms with Gasteiger partial charge in [0.2, 0.25) is 0 Å². The van der Waals surface area contributed by atoms with Gasteiger partial charge in [-0.3, -0.25) is 0 Å². The zero-order valence-electron chi connectivity index (χ0n) is 13.9. The lowest BCUT2D eigenvalue weighted by Crippen LogP contribution is -2.46. The summed E-state index contributed by atoms with van der Waals surface area (Å²) in [5, 5.41) is 47.3. The van der Waals surface area contributed by atoms with Crippen LogP contribution >= 0.6 is 0 Å². The number of hydrogen-bond donors (Lipinski definition) is 5. The van der Waals surface area contributed by atoms with Crippen LogP contribution in [0.5, 0.6) is 0 Å². The molecular formula is C16H34O6. The maximum atomic E-state index is 9.74. The van der Waals surface area contributed by atoms with Gasteiger partial charge in [0.25, 0.3) is 0 Å². The largest absolute Gasteiger partial charge is 0.396 e. The van der Waals surface area contributed by atoms with Gasteiger partial charge in [0, 0.05) is 6.61 Å². The van der Waals surface area contributed by atoms with Crippen LogP contribution in [-0.4, -0.2) is 62.8 Å². The minimum absolute atomic E-state index is 0.0712. The molecule has 0 bridgehead atoms. The zero-order chi connectivity index (χ0) is 17.0. The monoisotopic (exact) mass is 322 g/mol. The van der Waals surface area contributed by atoms with Crippen molar-refractivity contribution in [2.45, 2.75) is 95.9 Å². The van der Waals surface area contributed by atoms with Crippen molar-refractivity contribution < 1.29 is 30.3 Å². The second-order valence-corrected chi connectivity index (χ2v) is 5.95. The average molecular weight is 322 g/mol. The summed E-state index contributed by atoms with van der Waals surface area (Å²) in [6.45, 7) is 3.67. The van der Waals surface area contributed by atoms with E-state index in [0.717, 1.165) is 19.3 Å². The summed E-state index contributed by atoms with van der Waals surface area (Å²) in [5.74, 6) is 0. The number of ether oxygens (including phenoxy) is 1. The molecule has 5 unspecified atom stereocenters. The Morgan fingerprint density at radius 1 is 0.818 bits per heavy atom. The quantitative estimate of drug-likeness (QED) is 0.240. The van der Waals surface area contributed by atoms with E-state index in [2.05, 4.69) is 6.92 Å². The van der Waals surface area contributed by atoms with Gasteiger partial charge in [-0.25, -0.2) is 0 Å². The lowest BCUT2D eigenvalue weighted by Gasteiger charge is -2.28. The van der Waals surface area contributed by atoms with Crippen LogP contribution in [-0.2, 0) is 4.74 Å². The minimum atomic E-state index is -1.60. The van der Waals surface area contributed by atoms with Gasteiger partial charge >= 0.3 is 0 Å². The fourth-order valence-electron chi connectivity index (χ4n) is 2.30. The van der Waals surface area contributed by atoms with Gasteiger partial charge in [0.05, 0.1) is 12.2 Å². The molecule has 0 fully saturated rings. The molecule has 0 amide bonds. The number of unbranched alkanes of at least 4 members (excludes halogenated alkanes) is 5. The third kappa shape index (κ3) is 9.71. The summed E-state index contributed by atoms with van der Waals surface area (Å²) in [4.78, 5) is 0. The molecule has 0 saturated carbocycles. The first-order chi connectivity index (χ1) is 10.4. The van der Waals surface area contributed by atoms with Crippen LogP contribution in [0.15, 0.2) is 0 Å². The Kier molecular flexibility index (Phi) is 13.1. The van der Waals surface area contributed by atoms with Gasteiger partial charge in [-0.2, -0.15) is 0 Å². The van der Waals surface area contributed by atoms with E-state index in [0.29, 0.717) is 0 Å². The summed E-state index contributed by atoms with van der Waals surface area (Å²) in [7, 11) is 0. The number of aliphatic hydroxyl groups excluding tert-OH is 5. The standard InChI is InChI=1S/C16H34O6/c1-3-4-5-6-7-8-9-12(2)22-16(21)15(20)14(19)13(18)10-11-17/h12-21H,3-11H2,1-2H3. The highest BCUT2D eigenvalue weighted by Crippen LogP contribution is 2.14. The third-order valence-corrected chi connectivity index (χ3v) is 3.80. The first-order valence-electron chi connectivity index (χ1n) is 8.42. The molecule has 5 atom stereocenters. The molecule has 0 aromatic rings. The predicted molar refractivity (Wildman–Crippen MR) is 84.3 cm³/mol. The molecular weight excluding hydrogens is 288 g/mol. The normalized spacial score (nSPS) is 18.7. The molecule has 0 aromatic carbocycles. The van der Waals surface area contributed by atoms with Gasteiger partial charge in [-0.05, 0) is 19.8 Å². The summed E-state index contributed by atoms with van der Waals surface area (Å²) in [6, 6.07) is 0. The third-order valence-electron chi connectivity index (χ3n) is 3.80. The molecule has 0 aliphatic heterocycles. The van der Waals surface area contributed by atoms with Crippen molar-refractivity contribution >= 4 is 0 Å². The van der Waals surface area contributed by atoms with Crippen molar-refractivity contribution in [3.05, 3.63) is 0 Å². The van der Waals surface area contributed by atoms with E-state index in [4.69, 9.17) is 9.84 Å². The highest BCUT2D eigenvalue weighted by molar-refractivity contribution is 4.77. The number of hydrogen-bond acceptors (Lipinski definition) is 6. The van der Waals surface area contributed by atoms with Crippen molar-refractivity contribution in [3.8, 4) is 0 Å². The highest BCUT2D eigenvalue weighted by atomic mass is 16.6. The second-order valence-electron chi connectivity index (χ2n) is 5.95.